The molecule has 0 spiro atoms. The zero-order valence-corrected chi connectivity index (χ0v) is 21.6. The normalized spacial score (nSPS) is 15.5. The molecule has 1 aliphatic rings. The van der Waals surface area contributed by atoms with Gasteiger partial charge in [-0.1, -0.05) is 6.92 Å². The van der Waals surface area contributed by atoms with Crippen LogP contribution in [0.1, 0.15) is 52.5 Å². The van der Waals surface area contributed by atoms with E-state index in [4.69, 9.17) is 9.47 Å². The fourth-order valence-electron chi connectivity index (χ4n) is 4.59. The van der Waals surface area contributed by atoms with Gasteiger partial charge in [0.25, 0.3) is 12.3 Å². The lowest BCUT2D eigenvalue weighted by molar-refractivity contribution is -0.149. The van der Waals surface area contributed by atoms with Crippen LogP contribution in [0.4, 0.5) is 26.3 Å². The van der Waals surface area contributed by atoms with E-state index >= 15 is 0 Å². The Morgan fingerprint density at radius 3 is 2.49 bits per heavy atom. The van der Waals surface area contributed by atoms with E-state index in [1.165, 1.54) is 49.6 Å². The van der Waals surface area contributed by atoms with Gasteiger partial charge in [0.15, 0.2) is 0 Å². The molecule has 1 aliphatic heterocycles. The first-order valence-corrected chi connectivity index (χ1v) is 12.4. The number of aromatic nitrogens is 3. The average Bonchev–Trinajstić information content (AvgIpc) is 3.31. The zero-order chi connectivity index (χ0) is 29.5. The second-order valence-corrected chi connectivity index (χ2v) is 9.52. The van der Waals surface area contributed by atoms with E-state index in [0.717, 1.165) is 6.07 Å². The molecule has 1 N–H and O–H groups in total. The lowest BCUT2D eigenvalue weighted by Gasteiger charge is -2.22. The predicted octanol–water partition coefficient (Wildman–Crippen LogP) is 6.35. The van der Waals surface area contributed by atoms with Gasteiger partial charge in [-0.2, -0.15) is 13.2 Å². The highest BCUT2D eigenvalue weighted by molar-refractivity contribution is 5.99. The number of amides is 1. The molecule has 4 aromatic rings. The quantitative estimate of drug-likeness (QED) is 0.258. The van der Waals surface area contributed by atoms with Gasteiger partial charge >= 0.3 is 6.18 Å². The third kappa shape index (κ3) is 5.61. The van der Waals surface area contributed by atoms with Gasteiger partial charge in [0.2, 0.25) is 0 Å². The average molecular weight is 576 g/mol. The molecule has 13 heteroatoms. The number of ether oxygens (including phenoxy) is 2. The van der Waals surface area contributed by atoms with Crippen molar-refractivity contribution in [1.29, 1.82) is 0 Å². The van der Waals surface area contributed by atoms with Crippen LogP contribution in [0.15, 0.2) is 48.5 Å². The minimum atomic E-state index is -4.81. The van der Waals surface area contributed by atoms with E-state index in [-0.39, 0.29) is 46.1 Å². The summed E-state index contributed by atoms with van der Waals surface area (Å²) in [5, 5.41) is 9.54. The highest BCUT2D eigenvalue weighted by Crippen LogP contribution is 2.44. The van der Waals surface area contributed by atoms with Crippen LogP contribution < -0.4 is 14.8 Å². The second-order valence-electron chi connectivity index (χ2n) is 9.52. The summed E-state index contributed by atoms with van der Waals surface area (Å²) in [6, 6.07) is 9.93. The van der Waals surface area contributed by atoms with Crippen molar-refractivity contribution < 1.29 is 40.6 Å². The Balaban J connectivity index is 1.48. The fourth-order valence-corrected chi connectivity index (χ4v) is 4.59. The summed E-state index contributed by atoms with van der Waals surface area (Å²) in [7, 11) is 1.27. The maximum Gasteiger partial charge on any atom is 0.398 e. The van der Waals surface area contributed by atoms with Gasteiger partial charge in [-0.05, 0) is 48.5 Å². The second kappa shape index (κ2) is 10.9. The lowest BCUT2D eigenvalue weighted by Crippen LogP contribution is -2.35. The van der Waals surface area contributed by atoms with Gasteiger partial charge in [-0.3, -0.25) is 4.79 Å². The van der Waals surface area contributed by atoms with Crippen molar-refractivity contribution in [3.8, 4) is 22.8 Å². The van der Waals surface area contributed by atoms with E-state index in [2.05, 4.69) is 20.5 Å². The van der Waals surface area contributed by atoms with Gasteiger partial charge < -0.3 is 14.8 Å². The molecular formula is C28H22F6N4O3. The van der Waals surface area contributed by atoms with Crippen LogP contribution in [-0.2, 0) is 0 Å². The first kappa shape index (κ1) is 28.1. The van der Waals surface area contributed by atoms with Crippen molar-refractivity contribution in [3.05, 3.63) is 76.9 Å². The number of carbonyl (C=O) groups is 1. The van der Waals surface area contributed by atoms with Crippen molar-refractivity contribution in [2.45, 2.75) is 31.4 Å². The van der Waals surface area contributed by atoms with Gasteiger partial charge in [0.05, 0.1) is 19.4 Å². The number of hydrogen-bond donors (Lipinski definition) is 1. The van der Waals surface area contributed by atoms with Crippen molar-refractivity contribution in [2.24, 2.45) is 0 Å². The third-order valence-corrected chi connectivity index (χ3v) is 6.75. The standard InChI is InChI=1S/C28H22F6N4O3/c1-13-12-41-25-18(13)10-20(36-24(25)14-3-5-17(29)6-4-14)19(28(32,33)34)11-35-27(39)16-7-15-8-21(26(30)31)37-38-23(15)22(9-16)40-2/h3-10,13,19,26H,11-12H2,1-2H3,(H,35,39). The van der Waals surface area contributed by atoms with E-state index in [1.54, 1.807) is 6.92 Å². The summed E-state index contributed by atoms with van der Waals surface area (Å²) < 4.78 is 93.8. The van der Waals surface area contributed by atoms with E-state index < -0.39 is 42.5 Å². The fraction of sp³-hybridized carbons (Fsp3) is 0.286. The highest BCUT2D eigenvalue weighted by atomic mass is 19.4. The van der Waals surface area contributed by atoms with Crippen molar-refractivity contribution >= 4 is 16.8 Å². The van der Waals surface area contributed by atoms with Crippen LogP contribution in [0.2, 0.25) is 0 Å². The zero-order valence-electron chi connectivity index (χ0n) is 21.6. The summed E-state index contributed by atoms with van der Waals surface area (Å²) in [4.78, 5) is 17.3. The number of pyridine rings is 1. The summed E-state index contributed by atoms with van der Waals surface area (Å²) in [6.45, 7) is 1.17. The number of carbonyl (C=O) groups excluding carboxylic acids is 1. The summed E-state index contributed by atoms with van der Waals surface area (Å²) in [5.41, 5.74) is 0.0298. The third-order valence-electron chi connectivity index (χ3n) is 6.75. The molecule has 2 atom stereocenters. The molecule has 2 aromatic heterocycles. The number of hydrogen-bond acceptors (Lipinski definition) is 6. The minimum absolute atomic E-state index is 0.0338. The number of nitrogens with one attached hydrogen (secondary N) is 1. The Kier molecular flexibility index (Phi) is 7.45. The lowest BCUT2D eigenvalue weighted by atomic mass is 9.95. The Morgan fingerprint density at radius 2 is 1.83 bits per heavy atom. The van der Waals surface area contributed by atoms with E-state index in [1.807, 2.05) is 0 Å². The van der Waals surface area contributed by atoms with Gasteiger partial charge in [0.1, 0.15) is 40.1 Å². The van der Waals surface area contributed by atoms with E-state index in [0.29, 0.717) is 16.9 Å². The minimum Gasteiger partial charge on any atom is -0.494 e. The van der Waals surface area contributed by atoms with Crippen LogP contribution in [0.25, 0.3) is 22.2 Å². The molecule has 3 heterocycles. The topological polar surface area (TPSA) is 86.2 Å². The molecule has 0 fully saturated rings. The molecule has 5 rings (SSSR count). The summed E-state index contributed by atoms with van der Waals surface area (Å²) >= 11 is 0. The number of fused-ring (bicyclic) bond motifs is 2. The van der Waals surface area contributed by atoms with E-state index in [9.17, 15) is 31.1 Å². The van der Waals surface area contributed by atoms with Gasteiger partial charge in [0, 0.05) is 34.5 Å². The van der Waals surface area contributed by atoms with Crippen molar-refractivity contribution in [1.82, 2.24) is 20.5 Å². The summed E-state index contributed by atoms with van der Waals surface area (Å²) in [5.74, 6) is -3.48. The van der Waals surface area contributed by atoms with Gasteiger partial charge in [-0.15, -0.1) is 10.2 Å². The molecule has 0 saturated carbocycles. The largest absolute Gasteiger partial charge is 0.494 e. The van der Waals surface area contributed by atoms with Crippen LogP contribution in [0.3, 0.4) is 0 Å². The maximum atomic E-state index is 14.4. The number of nitrogens with zero attached hydrogens (tertiary/aromatic N) is 3. The number of alkyl halides is 5. The van der Waals surface area contributed by atoms with Gasteiger partial charge in [-0.25, -0.2) is 18.2 Å². The van der Waals surface area contributed by atoms with Crippen molar-refractivity contribution in [3.63, 3.8) is 0 Å². The first-order chi connectivity index (χ1) is 19.5. The molecule has 1 amide bonds. The predicted molar refractivity (Wildman–Crippen MR) is 136 cm³/mol. The molecule has 0 saturated heterocycles. The van der Waals surface area contributed by atoms with Crippen LogP contribution >= 0.6 is 0 Å². The number of rotatable bonds is 7. The van der Waals surface area contributed by atoms with Crippen LogP contribution in [0, 0.1) is 5.82 Å². The Hall–Kier alpha value is -4.42. The van der Waals surface area contributed by atoms with Crippen LogP contribution in [-0.4, -0.2) is 47.5 Å². The number of benzene rings is 2. The Labute approximate surface area is 229 Å². The molecule has 0 aliphatic carbocycles. The first-order valence-electron chi connectivity index (χ1n) is 12.4. The molecule has 2 aromatic carbocycles. The number of methoxy groups -OCH3 is 1. The molecule has 41 heavy (non-hydrogen) atoms. The smallest absolute Gasteiger partial charge is 0.398 e. The molecular weight excluding hydrogens is 554 g/mol. The molecule has 2 unspecified atom stereocenters. The molecule has 7 nitrogen and oxygen atoms in total. The SMILES string of the molecule is COc1cc(C(=O)NCC(c2cc3c(c(-c4ccc(F)cc4)n2)OCC3C)C(F)(F)F)cc2cc(C(F)F)nnc12. The Bertz CT molecular complexity index is 1610. The van der Waals surface area contributed by atoms with Crippen molar-refractivity contribution in [2.75, 3.05) is 20.3 Å². The summed E-state index contributed by atoms with van der Waals surface area (Å²) in [6.07, 6.45) is -7.73. The Morgan fingerprint density at radius 1 is 1.10 bits per heavy atom. The van der Waals surface area contributed by atoms with Crippen LogP contribution in [0.5, 0.6) is 11.5 Å². The molecule has 0 bridgehead atoms. The molecule has 0 radical (unpaired) electrons. The highest BCUT2D eigenvalue weighted by Gasteiger charge is 2.43. The molecule has 214 valence electrons. The number of halogens is 6. The monoisotopic (exact) mass is 576 g/mol. The maximum absolute atomic E-state index is 14.4.